The molecule has 1 aliphatic rings. The van der Waals surface area contributed by atoms with Crippen molar-refractivity contribution in [1.82, 2.24) is 9.80 Å². The number of carbonyl (C=O) groups is 2. The zero-order valence-electron chi connectivity index (χ0n) is 14.6. The van der Waals surface area contributed by atoms with Crippen LogP contribution in [0.2, 0.25) is 0 Å². The van der Waals surface area contributed by atoms with E-state index in [2.05, 4.69) is 5.32 Å². The van der Waals surface area contributed by atoms with E-state index in [0.717, 1.165) is 36.5 Å². The summed E-state index contributed by atoms with van der Waals surface area (Å²) in [5.74, 6) is 0.0272. The Bertz CT molecular complexity index is 557. The molecule has 1 fully saturated rings. The molecule has 1 N–H and O–H groups in total. The number of para-hydroxylation sites is 1. The zero-order valence-corrected chi connectivity index (χ0v) is 15.4. The third kappa shape index (κ3) is 5.83. The highest BCUT2D eigenvalue weighted by molar-refractivity contribution is 7.98. The molecule has 1 aromatic rings. The molecule has 0 atom stereocenters. The van der Waals surface area contributed by atoms with E-state index in [4.69, 9.17) is 0 Å². The van der Waals surface area contributed by atoms with Crippen molar-refractivity contribution in [2.24, 2.45) is 0 Å². The van der Waals surface area contributed by atoms with Crippen LogP contribution in [-0.4, -0.2) is 61.1 Å². The summed E-state index contributed by atoms with van der Waals surface area (Å²) >= 11 is 1.60. The van der Waals surface area contributed by atoms with Crippen LogP contribution >= 0.6 is 11.8 Å². The Balaban J connectivity index is 1.81. The second kappa shape index (κ2) is 9.69. The SMILES string of the molecule is CSc1ccccc1NC(=O)CN(C)CC(=O)N1CCCCCC1. The monoisotopic (exact) mass is 349 g/mol. The lowest BCUT2D eigenvalue weighted by Crippen LogP contribution is -2.41. The topological polar surface area (TPSA) is 52.7 Å². The number of rotatable bonds is 6. The van der Waals surface area contributed by atoms with E-state index in [1.807, 2.05) is 42.5 Å². The largest absolute Gasteiger partial charge is 0.342 e. The van der Waals surface area contributed by atoms with E-state index in [-0.39, 0.29) is 24.9 Å². The highest BCUT2D eigenvalue weighted by Gasteiger charge is 2.18. The maximum atomic E-state index is 12.4. The van der Waals surface area contributed by atoms with Gasteiger partial charge in [0.05, 0.1) is 18.8 Å². The molecule has 6 heteroatoms. The van der Waals surface area contributed by atoms with E-state index in [0.29, 0.717) is 0 Å². The fourth-order valence-corrected chi connectivity index (χ4v) is 3.44. The van der Waals surface area contributed by atoms with Gasteiger partial charge in [-0.25, -0.2) is 0 Å². The first-order valence-electron chi connectivity index (χ1n) is 8.49. The quantitative estimate of drug-likeness (QED) is 0.802. The molecule has 2 amide bonds. The summed E-state index contributed by atoms with van der Waals surface area (Å²) in [6, 6.07) is 7.73. The summed E-state index contributed by atoms with van der Waals surface area (Å²) in [5, 5.41) is 2.93. The van der Waals surface area contributed by atoms with Crippen LogP contribution in [0.5, 0.6) is 0 Å². The molecule has 1 heterocycles. The van der Waals surface area contributed by atoms with Crippen LogP contribution in [0.1, 0.15) is 25.7 Å². The fourth-order valence-electron chi connectivity index (χ4n) is 2.89. The van der Waals surface area contributed by atoms with Crippen molar-refractivity contribution < 1.29 is 9.59 Å². The van der Waals surface area contributed by atoms with Gasteiger partial charge in [-0.1, -0.05) is 25.0 Å². The number of amides is 2. The van der Waals surface area contributed by atoms with Gasteiger partial charge < -0.3 is 10.2 Å². The Kier molecular flexibility index (Phi) is 7.59. The normalized spacial score (nSPS) is 15.2. The van der Waals surface area contributed by atoms with Crippen molar-refractivity contribution in [2.45, 2.75) is 30.6 Å². The number of likely N-dealkylation sites (tertiary alicyclic amines) is 1. The number of benzene rings is 1. The molecule has 0 radical (unpaired) electrons. The van der Waals surface area contributed by atoms with Crippen molar-refractivity contribution in [2.75, 3.05) is 44.8 Å². The molecule has 0 saturated carbocycles. The number of likely N-dealkylation sites (N-methyl/N-ethyl adjacent to an activating group) is 1. The van der Waals surface area contributed by atoms with Gasteiger partial charge in [0.2, 0.25) is 11.8 Å². The van der Waals surface area contributed by atoms with Crippen molar-refractivity contribution in [3.05, 3.63) is 24.3 Å². The molecular weight excluding hydrogens is 322 g/mol. The van der Waals surface area contributed by atoms with Crippen LogP contribution in [0.15, 0.2) is 29.2 Å². The lowest BCUT2D eigenvalue weighted by Gasteiger charge is -2.24. The Hall–Kier alpha value is -1.53. The molecular formula is C18H27N3O2S. The standard InChI is InChI=1S/C18H27N3O2S/c1-20(14-18(23)21-11-7-3-4-8-12-21)13-17(22)19-15-9-5-6-10-16(15)24-2/h5-6,9-10H,3-4,7-8,11-14H2,1-2H3,(H,19,22). The molecule has 1 aromatic carbocycles. The number of nitrogens with one attached hydrogen (secondary N) is 1. The lowest BCUT2D eigenvalue weighted by molar-refractivity contribution is -0.132. The van der Waals surface area contributed by atoms with Crippen molar-refractivity contribution in [3.63, 3.8) is 0 Å². The van der Waals surface area contributed by atoms with E-state index in [1.165, 1.54) is 12.8 Å². The first kappa shape index (κ1) is 18.8. The van der Waals surface area contributed by atoms with Crippen LogP contribution in [-0.2, 0) is 9.59 Å². The van der Waals surface area contributed by atoms with Gasteiger partial charge in [-0.15, -0.1) is 11.8 Å². The molecule has 0 aliphatic carbocycles. The predicted molar refractivity (Wildman–Crippen MR) is 99.4 cm³/mol. The van der Waals surface area contributed by atoms with Gasteiger partial charge in [0.15, 0.2) is 0 Å². The van der Waals surface area contributed by atoms with Gasteiger partial charge >= 0.3 is 0 Å². The first-order chi connectivity index (χ1) is 11.6. The minimum atomic E-state index is -0.0948. The Morgan fingerprint density at radius 2 is 1.79 bits per heavy atom. The summed E-state index contributed by atoms with van der Waals surface area (Å²) in [7, 11) is 1.82. The lowest BCUT2D eigenvalue weighted by atomic mass is 10.2. The van der Waals surface area contributed by atoms with Gasteiger partial charge in [-0.2, -0.15) is 0 Å². The predicted octanol–water partition coefficient (Wildman–Crippen LogP) is 2.68. The Morgan fingerprint density at radius 1 is 1.12 bits per heavy atom. The van der Waals surface area contributed by atoms with Crippen molar-refractivity contribution in [1.29, 1.82) is 0 Å². The van der Waals surface area contributed by atoms with Gasteiger partial charge in [-0.3, -0.25) is 14.5 Å². The highest BCUT2D eigenvalue weighted by Crippen LogP contribution is 2.24. The van der Waals surface area contributed by atoms with Crippen LogP contribution < -0.4 is 5.32 Å². The van der Waals surface area contributed by atoms with E-state index >= 15 is 0 Å². The van der Waals surface area contributed by atoms with Gasteiger partial charge in [-0.05, 0) is 38.3 Å². The minimum Gasteiger partial charge on any atom is -0.342 e. The third-order valence-electron chi connectivity index (χ3n) is 4.16. The molecule has 1 saturated heterocycles. The number of thioether (sulfide) groups is 1. The highest BCUT2D eigenvalue weighted by atomic mass is 32.2. The number of nitrogens with zero attached hydrogens (tertiary/aromatic N) is 2. The number of carbonyl (C=O) groups excluding carboxylic acids is 2. The van der Waals surface area contributed by atoms with Gasteiger partial charge in [0.1, 0.15) is 0 Å². The Labute approximate surface area is 148 Å². The van der Waals surface area contributed by atoms with E-state index in [1.54, 1.807) is 16.7 Å². The van der Waals surface area contributed by atoms with Crippen LogP contribution in [0.3, 0.4) is 0 Å². The number of hydrogen-bond acceptors (Lipinski definition) is 4. The third-order valence-corrected chi connectivity index (χ3v) is 4.95. The smallest absolute Gasteiger partial charge is 0.238 e. The molecule has 5 nitrogen and oxygen atoms in total. The first-order valence-corrected chi connectivity index (χ1v) is 9.72. The van der Waals surface area contributed by atoms with Crippen LogP contribution in [0, 0.1) is 0 Å². The molecule has 2 rings (SSSR count). The maximum Gasteiger partial charge on any atom is 0.238 e. The molecule has 0 unspecified atom stereocenters. The minimum absolute atomic E-state index is 0.0948. The maximum absolute atomic E-state index is 12.4. The fraction of sp³-hybridized carbons (Fsp3) is 0.556. The molecule has 24 heavy (non-hydrogen) atoms. The average Bonchev–Trinajstić information content (AvgIpc) is 2.84. The summed E-state index contributed by atoms with van der Waals surface area (Å²) in [6.45, 7) is 2.19. The molecule has 1 aliphatic heterocycles. The second-order valence-corrected chi connectivity index (χ2v) is 7.06. The van der Waals surface area contributed by atoms with Crippen LogP contribution in [0.4, 0.5) is 5.69 Å². The van der Waals surface area contributed by atoms with Gasteiger partial charge in [0.25, 0.3) is 0 Å². The zero-order chi connectivity index (χ0) is 17.4. The summed E-state index contributed by atoms with van der Waals surface area (Å²) in [5.41, 5.74) is 0.822. The average molecular weight is 350 g/mol. The molecule has 132 valence electrons. The van der Waals surface area contributed by atoms with Crippen LogP contribution in [0.25, 0.3) is 0 Å². The summed E-state index contributed by atoms with van der Waals surface area (Å²) in [6.07, 6.45) is 6.56. The molecule has 0 spiro atoms. The summed E-state index contributed by atoms with van der Waals surface area (Å²) in [4.78, 5) is 29.3. The molecule has 0 aromatic heterocycles. The number of hydrogen-bond donors (Lipinski definition) is 1. The second-order valence-electron chi connectivity index (χ2n) is 6.22. The summed E-state index contributed by atoms with van der Waals surface area (Å²) < 4.78 is 0. The Morgan fingerprint density at radius 3 is 2.46 bits per heavy atom. The number of anilines is 1. The van der Waals surface area contributed by atoms with E-state index in [9.17, 15) is 9.59 Å². The van der Waals surface area contributed by atoms with Crippen molar-refractivity contribution in [3.8, 4) is 0 Å². The van der Waals surface area contributed by atoms with Crippen molar-refractivity contribution >= 4 is 29.3 Å². The van der Waals surface area contributed by atoms with E-state index < -0.39 is 0 Å². The molecule has 0 bridgehead atoms. The van der Waals surface area contributed by atoms with Gasteiger partial charge in [0, 0.05) is 18.0 Å².